The zero-order valence-electron chi connectivity index (χ0n) is 15.2. The Bertz CT molecular complexity index is 1080. The fourth-order valence-corrected chi connectivity index (χ4v) is 3.01. The van der Waals surface area contributed by atoms with Gasteiger partial charge in [0.15, 0.2) is 6.61 Å². The van der Waals surface area contributed by atoms with E-state index in [0.29, 0.717) is 16.5 Å². The summed E-state index contributed by atoms with van der Waals surface area (Å²) in [6.45, 7) is 1.91. The average Bonchev–Trinajstić information content (AvgIpc) is 3.11. The molecule has 0 bridgehead atoms. The first-order valence-electron chi connectivity index (χ1n) is 8.82. The van der Waals surface area contributed by atoms with Crippen molar-refractivity contribution in [2.24, 2.45) is 0 Å². The number of aromatic nitrogens is 2. The first-order chi connectivity index (χ1) is 13.6. The van der Waals surface area contributed by atoms with Crippen LogP contribution in [0.1, 0.15) is 5.56 Å². The van der Waals surface area contributed by atoms with E-state index >= 15 is 0 Å². The quantitative estimate of drug-likeness (QED) is 0.490. The molecule has 2 N–H and O–H groups in total. The number of para-hydroxylation sites is 1. The summed E-state index contributed by atoms with van der Waals surface area (Å²) in [6.07, 6.45) is 0. The summed E-state index contributed by atoms with van der Waals surface area (Å²) in [5.41, 5.74) is 4.37. The summed E-state index contributed by atoms with van der Waals surface area (Å²) in [5.74, 6) is 1.20. The number of H-pyrrole nitrogens is 1. The number of halogens is 1. The topological polar surface area (TPSA) is 67.0 Å². The molecule has 28 heavy (non-hydrogen) atoms. The minimum Gasteiger partial charge on any atom is -0.484 e. The van der Waals surface area contributed by atoms with Crippen LogP contribution in [0.25, 0.3) is 22.4 Å². The van der Waals surface area contributed by atoms with Gasteiger partial charge < -0.3 is 15.0 Å². The van der Waals surface area contributed by atoms with Gasteiger partial charge in [0, 0.05) is 16.3 Å². The SMILES string of the molecule is Cc1cc2[nH]c(-c3ccc(NC(=O)COc4ccccc4)cc3)nc2cc1Cl. The van der Waals surface area contributed by atoms with E-state index in [0.717, 1.165) is 28.0 Å². The number of ether oxygens (including phenoxy) is 1. The molecule has 5 nitrogen and oxygen atoms in total. The van der Waals surface area contributed by atoms with Crippen molar-refractivity contribution < 1.29 is 9.53 Å². The van der Waals surface area contributed by atoms with E-state index in [9.17, 15) is 4.79 Å². The maximum atomic E-state index is 12.1. The molecule has 0 spiro atoms. The van der Waals surface area contributed by atoms with Gasteiger partial charge in [-0.2, -0.15) is 0 Å². The molecule has 0 saturated heterocycles. The zero-order valence-corrected chi connectivity index (χ0v) is 16.0. The van der Waals surface area contributed by atoms with E-state index in [2.05, 4.69) is 15.3 Å². The lowest BCUT2D eigenvalue weighted by molar-refractivity contribution is -0.118. The Morgan fingerprint density at radius 3 is 2.61 bits per heavy atom. The molecule has 0 radical (unpaired) electrons. The van der Waals surface area contributed by atoms with E-state index in [1.807, 2.05) is 73.7 Å². The van der Waals surface area contributed by atoms with Crippen LogP contribution in [0.2, 0.25) is 5.02 Å². The van der Waals surface area contributed by atoms with Gasteiger partial charge in [0.1, 0.15) is 11.6 Å². The molecule has 0 fully saturated rings. The van der Waals surface area contributed by atoms with Crippen molar-refractivity contribution in [2.45, 2.75) is 6.92 Å². The minimum absolute atomic E-state index is 0.0462. The summed E-state index contributed by atoms with van der Waals surface area (Å²) >= 11 is 6.17. The maximum absolute atomic E-state index is 12.1. The average molecular weight is 392 g/mol. The molecule has 0 atom stereocenters. The van der Waals surface area contributed by atoms with Gasteiger partial charge in [-0.15, -0.1) is 0 Å². The third kappa shape index (κ3) is 4.00. The van der Waals surface area contributed by atoms with Crippen molar-refractivity contribution in [2.75, 3.05) is 11.9 Å². The number of imidazole rings is 1. The number of hydrogen-bond donors (Lipinski definition) is 2. The van der Waals surface area contributed by atoms with Crippen molar-refractivity contribution in [3.8, 4) is 17.1 Å². The second-order valence-electron chi connectivity index (χ2n) is 6.43. The third-order valence-electron chi connectivity index (χ3n) is 4.32. The van der Waals surface area contributed by atoms with Gasteiger partial charge in [-0.25, -0.2) is 4.98 Å². The number of rotatable bonds is 5. The molecule has 4 aromatic rings. The highest BCUT2D eigenvalue weighted by molar-refractivity contribution is 6.32. The van der Waals surface area contributed by atoms with Gasteiger partial charge in [0.05, 0.1) is 11.0 Å². The van der Waals surface area contributed by atoms with Gasteiger partial charge in [-0.05, 0) is 61.0 Å². The second-order valence-corrected chi connectivity index (χ2v) is 6.84. The monoisotopic (exact) mass is 391 g/mol. The standard InChI is InChI=1S/C22H18ClN3O2/c1-14-11-19-20(12-18(14)23)26-22(25-19)15-7-9-16(10-8-15)24-21(27)13-28-17-5-3-2-4-6-17/h2-12H,13H2,1H3,(H,24,27)(H,25,26). The Morgan fingerprint density at radius 1 is 1.11 bits per heavy atom. The smallest absolute Gasteiger partial charge is 0.262 e. The predicted octanol–water partition coefficient (Wildman–Crippen LogP) is 5.21. The molecule has 0 unspecified atom stereocenters. The molecule has 4 rings (SSSR count). The second kappa shape index (κ2) is 7.74. The molecule has 0 aliphatic carbocycles. The van der Waals surface area contributed by atoms with Crippen molar-refractivity contribution in [3.63, 3.8) is 0 Å². The maximum Gasteiger partial charge on any atom is 0.262 e. The largest absolute Gasteiger partial charge is 0.484 e. The Morgan fingerprint density at radius 2 is 1.86 bits per heavy atom. The molecule has 0 saturated carbocycles. The van der Waals surface area contributed by atoms with Crippen molar-refractivity contribution in [1.29, 1.82) is 0 Å². The molecule has 0 aliphatic rings. The van der Waals surface area contributed by atoms with E-state index in [1.165, 1.54) is 0 Å². The number of nitrogens with one attached hydrogen (secondary N) is 2. The predicted molar refractivity (Wildman–Crippen MR) is 112 cm³/mol. The van der Waals surface area contributed by atoms with E-state index in [1.54, 1.807) is 0 Å². The molecular weight excluding hydrogens is 374 g/mol. The molecule has 1 heterocycles. The minimum atomic E-state index is -0.217. The highest BCUT2D eigenvalue weighted by Crippen LogP contribution is 2.26. The van der Waals surface area contributed by atoms with Gasteiger partial charge in [-0.3, -0.25) is 4.79 Å². The molecule has 0 aliphatic heterocycles. The fraction of sp³-hybridized carbons (Fsp3) is 0.0909. The number of amides is 1. The number of benzene rings is 3. The van der Waals surface area contributed by atoms with Crippen LogP contribution in [0, 0.1) is 6.92 Å². The van der Waals surface area contributed by atoms with Crippen LogP contribution < -0.4 is 10.1 Å². The van der Waals surface area contributed by atoms with Crippen LogP contribution in [0.4, 0.5) is 5.69 Å². The van der Waals surface area contributed by atoms with Gasteiger partial charge >= 0.3 is 0 Å². The lowest BCUT2D eigenvalue weighted by Crippen LogP contribution is -2.20. The molecule has 1 amide bonds. The van der Waals surface area contributed by atoms with Crippen molar-refractivity contribution in [1.82, 2.24) is 9.97 Å². The molecular formula is C22H18ClN3O2. The van der Waals surface area contributed by atoms with Crippen LogP contribution >= 0.6 is 11.6 Å². The molecule has 3 aromatic carbocycles. The lowest BCUT2D eigenvalue weighted by atomic mass is 10.2. The summed E-state index contributed by atoms with van der Waals surface area (Å²) in [5, 5.41) is 3.52. The van der Waals surface area contributed by atoms with E-state index in [4.69, 9.17) is 16.3 Å². The molecule has 1 aromatic heterocycles. The summed E-state index contributed by atoms with van der Waals surface area (Å²) < 4.78 is 5.45. The summed E-state index contributed by atoms with van der Waals surface area (Å²) in [7, 11) is 0. The number of aromatic amines is 1. The summed E-state index contributed by atoms with van der Waals surface area (Å²) in [6, 6.07) is 20.5. The van der Waals surface area contributed by atoms with Crippen LogP contribution in [-0.4, -0.2) is 22.5 Å². The van der Waals surface area contributed by atoms with Gasteiger partial charge in [0.25, 0.3) is 5.91 Å². The van der Waals surface area contributed by atoms with Crippen LogP contribution in [0.15, 0.2) is 66.7 Å². The van der Waals surface area contributed by atoms with Gasteiger partial charge in [-0.1, -0.05) is 29.8 Å². The van der Waals surface area contributed by atoms with Crippen LogP contribution in [-0.2, 0) is 4.79 Å². The Balaban J connectivity index is 1.43. The van der Waals surface area contributed by atoms with E-state index in [-0.39, 0.29) is 12.5 Å². The Hall–Kier alpha value is -3.31. The number of nitrogens with zero attached hydrogens (tertiary/aromatic N) is 1. The Labute approximate surface area is 167 Å². The fourth-order valence-electron chi connectivity index (χ4n) is 2.85. The number of carbonyl (C=O) groups excluding carboxylic acids is 1. The van der Waals surface area contributed by atoms with E-state index < -0.39 is 0 Å². The zero-order chi connectivity index (χ0) is 19.5. The number of anilines is 1. The summed E-state index contributed by atoms with van der Waals surface area (Å²) in [4.78, 5) is 19.9. The van der Waals surface area contributed by atoms with Crippen molar-refractivity contribution >= 4 is 34.2 Å². The number of carbonyl (C=O) groups is 1. The Kier molecular flexibility index (Phi) is 5.00. The highest BCUT2D eigenvalue weighted by atomic mass is 35.5. The lowest BCUT2D eigenvalue weighted by Gasteiger charge is -2.07. The third-order valence-corrected chi connectivity index (χ3v) is 4.72. The highest BCUT2D eigenvalue weighted by Gasteiger charge is 2.09. The number of aryl methyl sites for hydroxylation is 1. The first-order valence-corrected chi connectivity index (χ1v) is 9.20. The first kappa shape index (κ1) is 18.1. The van der Waals surface area contributed by atoms with Crippen LogP contribution in [0.3, 0.4) is 0 Å². The number of fused-ring (bicyclic) bond motifs is 1. The van der Waals surface area contributed by atoms with Gasteiger partial charge in [0.2, 0.25) is 0 Å². The normalized spacial score (nSPS) is 10.8. The van der Waals surface area contributed by atoms with Crippen molar-refractivity contribution in [3.05, 3.63) is 77.3 Å². The number of hydrogen-bond acceptors (Lipinski definition) is 3. The molecule has 6 heteroatoms. The van der Waals surface area contributed by atoms with Crippen LogP contribution in [0.5, 0.6) is 5.75 Å². The molecule has 140 valence electrons.